The molecule has 2 N–H and O–H groups in total. The maximum atomic E-state index is 12.4. The van der Waals surface area contributed by atoms with E-state index in [1.807, 2.05) is 16.9 Å². The zero-order chi connectivity index (χ0) is 17.9. The van der Waals surface area contributed by atoms with Gasteiger partial charge in [0.25, 0.3) is 5.91 Å². The quantitative estimate of drug-likeness (QED) is 0.846. The molecule has 1 saturated carbocycles. The molecule has 25 heavy (non-hydrogen) atoms. The third-order valence-electron chi connectivity index (χ3n) is 5.03. The van der Waals surface area contributed by atoms with Crippen molar-refractivity contribution >= 4 is 11.9 Å². The van der Waals surface area contributed by atoms with E-state index >= 15 is 0 Å². The van der Waals surface area contributed by atoms with Gasteiger partial charge in [0.2, 0.25) is 0 Å². The molecule has 132 valence electrons. The van der Waals surface area contributed by atoms with E-state index in [2.05, 4.69) is 10.4 Å². The van der Waals surface area contributed by atoms with Crippen LogP contribution in [-0.4, -0.2) is 33.3 Å². The number of aromatic nitrogens is 2. The number of carboxylic acid groups (broad SMARTS) is 1. The number of nitrogens with zero attached hydrogens (tertiary/aromatic N) is 2. The standard InChI is InChI=1S/C19H23N3O3/c1-19(18(24)25,14-7-3-2-4-8-14)13-20-17(23)16-11-12-22(21-16)15-9-5-6-10-15/h2-4,7-8,11-12,15H,5-6,9-10,13H2,1H3,(H,20,23)(H,24,25). The second-order valence-electron chi connectivity index (χ2n) is 6.81. The Hall–Kier alpha value is -2.63. The number of carbonyl (C=O) groups is 2. The summed E-state index contributed by atoms with van der Waals surface area (Å²) in [6, 6.07) is 11.0. The van der Waals surface area contributed by atoms with E-state index in [9.17, 15) is 14.7 Å². The van der Waals surface area contributed by atoms with Crippen LogP contribution in [0.2, 0.25) is 0 Å². The van der Waals surface area contributed by atoms with Crippen LogP contribution in [0.4, 0.5) is 0 Å². The zero-order valence-corrected chi connectivity index (χ0v) is 14.3. The Balaban J connectivity index is 1.69. The highest BCUT2D eigenvalue weighted by Crippen LogP contribution is 2.28. The molecule has 0 saturated heterocycles. The molecular formula is C19H23N3O3. The molecule has 0 spiro atoms. The van der Waals surface area contributed by atoms with Crippen molar-refractivity contribution in [2.24, 2.45) is 0 Å². The minimum absolute atomic E-state index is 0.00146. The molecule has 3 rings (SSSR count). The Kier molecular flexibility index (Phi) is 4.88. The van der Waals surface area contributed by atoms with Crippen molar-refractivity contribution in [3.8, 4) is 0 Å². The maximum absolute atomic E-state index is 12.4. The topological polar surface area (TPSA) is 84.2 Å². The lowest BCUT2D eigenvalue weighted by Crippen LogP contribution is -2.44. The van der Waals surface area contributed by atoms with E-state index in [0.717, 1.165) is 12.8 Å². The van der Waals surface area contributed by atoms with E-state index in [1.165, 1.54) is 12.8 Å². The summed E-state index contributed by atoms with van der Waals surface area (Å²) in [5.74, 6) is -1.32. The number of carbonyl (C=O) groups excluding carboxylic acids is 1. The van der Waals surface area contributed by atoms with Crippen molar-refractivity contribution in [2.45, 2.75) is 44.1 Å². The molecule has 1 fully saturated rings. The number of rotatable bonds is 6. The van der Waals surface area contributed by atoms with Gasteiger partial charge in [-0.05, 0) is 31.4 Å². The summed E-state index contributed by atoms with van der Waals surface area (Å²) in [6.07, 6.45) is 6.40. The average molecular weight is 341 g/mol. The van der Waals surface area contributed by atoms with Crippen LogP contribution in [0.1, 0.15) is 54.7 Å². The average Bonchev–Trinajstić information content (AvgIpc) is 3.31. The first-order valence-corrected chi connectivity index (χ1v) is 8.63. The Bertz CT molecular complexity index is 750. The first-order valence-electron chi connectivity index (χ1n) is 8.63. The fourth-order valence-electron chi connectivity index (χ4n) is 3.29. The van der Waals surface area contributed by atoms with Gasteiger partial charge in [0.15, 0.2) is 0 Å². The lowest BCUT2D eigenvalue weighted by molar-refractivity contribution is -0.142. The van der Waals surface area contributed by atoms with Gasteiger partial charge < -0.3 is 10.4 Å². The van der Waals surface area contributed by atoms with Crippen LogP contribution < -0.4 is 5.32 Å². The molecule has 1 unspecified atom stereocenters. The third-order valence-corrected chi connectivity index (χ3v) is 5.03. The Morgan fingerprint density at radius 3 is 2.56 bits per heavy atom. The molecule has 6 heteroatoms. The largest absolute Gasteiger partial charge is 0.481 e. The van der Waals surface area contributed by atoms with Crippen LogP contribution in [-0.2, 0) is 10.2 Å². The predicted molar refractivity (Wildman–Crippen MR) is 93.5 cm³/mol. The molecule has 1 atom stereocenters. The SMILES string of the molecule is CC(CNC(=O)c1ccn(C2CCCC2)n1)(C(=O)O)c1ccccc1. The first-order chi connectivity index (χ1) is 12.0. The summed E-state index contributed by atoms with van der Waals surface area (Å²) in [5.41, 5.74) is -0.211. The molecule has 1 heterocycles. The minimum Gasteiger partial charge on any atom is -0.481 e. The van der Waals surface area contributed by atoms with E-state index < -0.39 is 11.4 Å². The molecule has 1 aliphatic carbocycles. The Morgan fingerprint density at radius 2 is 1.92 bits per heavy atom. The number of hydrogen-bond acceptors (Lipinski definition) is 3. The monoisotopic (exact) mass is 341 g/mol. The number of hydrogen-bond donors (Lipinski definition) is 2. The Labute approximate surface area is 146 Å². The van der Waals surface area contributed by atoms with Gasteiger partial charge in [-0.25, -0.2) is 0 Å². The van der Waals surface area contributed by atoms with Crippen molar-refractivity contribution in [3.05, 3.63) is 53.9 Å². The number of benzene rings is 1. The molecule has 0 radical (unpaired) electrons. The highest BCUT2D eigenvalue weighted by Gasteiger charge is 2.35. The number of aliphatic carboxylic acids is 1. The van der Waals surface area contributed by atoms with E-state index in [4.69, 9.17) is 0 Å². The van der Waals surface area contributed by atoms with Gasteiger partial charge in [-0.1, -0.05) is 43.2 Å². The van der Waals surface area contributed by atoms with Gasteiger partial charge in [-0.15, -0.1) is 0 Å². The van der Waals surface area contributed by atoms with Crippen LogP contribution in [0.15, 0.2) is 42.6 Å². The van der Waals surface area contributed by atoms with Crippen molar-refractivity contribution in [2.75, 3.05) is 6.54 Å². The first kappa shape index (κ1) is 17.2. The van der Waals surface area contributed by atoms with Crippen LogP contribution in [0.25, 0.3) is 0 Å². The van der Waals surface area contributed by atoms with Crippen molar-refractivity contribution in [1.82, 2.24) is 15.1 Å². The normalized spacial score (nSPS) is 17.2. The molecule has 0 aliphatic heterocycles. The van der Waals surface area contributed by atoms with Crippen molar-refractivity contribution in [1.29, 1.82) is 0 Å². The number of nitrogens with one attached hydrogen (secondary N) is 1. The Morgan fingerprint density at radius 1 is 1.24 bits per heavy atom. The van der Waals surface area contributed by atoms with Crippen LogP contribution in [0.5, 0.6) is 0 Å². The summed E-state index contributed by atoms with van der Waals surface area (Å²) >= 11 is 0. The second kappa shape index (κ2) is 7.09. The number of carboxylic acids is 1. The van der Waals surface area contributed by atoms with Gasteiger partial charge >= 0.3 is 5.97 Å². The molecule has 0 bridgehead atoms. The lowest BCUT2D eigenvalue weighted by Gasteiger charge is -2.25. The summed E-state index contributed by atoms with van der Waals surface area (Å²) in [7, 11) is 0. The molecule has 1 aliphatic rings. The summed E-state index contributed by atoms with van der Waals surface area (Å²) in [6.45, 7) is 1.61. The molecule has 1 aromatic heterocycles. The zero-order valence-electron chi connectivity index (χ0n) is 14.3. The van der Waals surface area contributed by atoms with E-state index in [0.29, 0.717) is 17.3 Å². The maximum Gasteiger partial charge on any atom is 0.315 e. The fourth-order valence-corrected chi connectivity index (χ4v) is 3.29. The molecule has 1 aromatic carbocycles. The van der Waals surface area contributed by atoms with E-state index in [1.54, 1.807) is 37.3 Å². The molecule has 6 nitrogen and oxygen atoms in total. The minimum atomic E-state index is -1.19. The third kappa shape index (κ3) is 3.57. The summed E-state index contributed by atoms with van der Waals surface area (Å²) < 4.78 is 1.86. The lowest BCUT2D eigenvalue weighted by atomic mass is 9.82. The predicted octanol–water partition coefficient (Wildman–Crippen LogP) is 2.77. The molecule has 2 aromatic rings. The van der Waals surface area contributed by atoms with Gasteiger partial charge in [-0.3, -0.25) is 14.3 Å². The van der Waals surface area contributed by atoms with Crippen molar-refractivity contribution < 1.29 is 14.7 Å². The second-order valence-corrected chi connectivity index (χ2v) is 6.81. The smallest absolute Gasteiger partial charge is 0.315 e. The van der Waals surface area contributed by atoms with Crippen molar-refractivity contribution in [3.63, 3.8) is 0 Å². The van der Waals surface area contributed by atoms with Crippen LogP contribution >= 0.6 is 0 Å². The van der Waals surface area contributed by atoms with Crippen LogP contribution in [0.3, 0.4) is 0 Å². The summed E-state index contributed by atoms with van der Waals surface area (Å²) in [4.78, 5) is 24.2. The fraction of sp³-hybridized carbons (Fsp3) is 0.421. The van der Waals surface area contributed by atoms with Gasteiger partial charge in [0.1, 0.15) is 11.1 Å². The highest BCUT2D eigenvalue weighted by molar-refractivity contribution is 5.93. The van der Waals surface area contributed by atoms with Gasteiger partial charge in [0.05, 0.1) is 6.04 Å². The molecule has 1 amide bonds. The van der Waals surface area contributed by atoms with E-state index in [-0.39, 0.29) is 12.5 Å². The summed E-state index contributed by atoms with van der Waals surface area (Å²) in [5, 5.41) is 16.7. The number of amides is 1. The highest BCUT2D eigenvalue weighted by atomic mass is 16.4. The molecular weight excluding hydrogens is 318 g/mol. The van der Waals surface area contributed by atoms with Gasteiger partial charge in [-0.2, -0.15) is 5.10 Å². The van der Waals surface area contributed by atoms with Crippen LogP contribution in [0, 0.1) is 0 Å². The van der Waals surface area contributed by atoms with Gasteiger partial charge in [0, 0.05) is 12.7 Å².